The fourth-order valence-electron chi connectivity index (χ4n) is 2.91. The second kappa shape index (κ2) is 7.08. The van der Waals surface area contributed by atoms with E-state index in [1.165, 1.54) is 10.9 Å². The Morgan fingerprint density at radius 3 is 2.76 bits per heavy atom. The zero-order valence-electron chi connectivity index (χ0n) is 14.1. The predicted octanol–water partition coefficient (Wildman–Crippen LogP) is -0.413. The molecule has 2 aromatic heterocycles. The van der Waals surface area contributed by atoms with Gasteiger partial charge in [-0.2, -0.15) is 9.97 Å². The van der Waals surface area contributed by atoms with Gasteiger partial charge in [0.25, 0.3) is 0 Å². The first-order chi connectivity index (χ1) is 12.0. The highest BCUT2D eigenvalue weighted by Crippen LogP contribution is 2.32. The van der Waals surface area contributed by atoms with Gasteiger partial charge in [0.15, 0.2) is 23.2 Å². The molecule has 5 atom stereocenters. The smallest absolute Gasteiger partial charge is 0.320 e. The molecule has 138 valence electrons. The van der Waals surface area contributed by atoms with Gasteiger partial charge in [-0.3, -0.25) is 4.57 Å². The van der Waals surface area contributed by atoms with Gasteiger partial charge in [-0.25, -0.2) is 4.98 Å². The van der Waals surface area contributed by atoms with Crippen molar-refractivity contribution in [3.05, 3.63) is 6.33 Å². The van der Waals surface area contributed by atoms with Crippen LogP contribution in [0.4, 0.5) is 5.82 Å². The lowest BCUT2D eigenvalue weighted by atomic mass is 10.1. The minimum atomic E-state index is -1.24. The highest BCUT2D eigenvalue weighted by atomic mass is 16.6. The lowest BCUT2D eigenvalue weighted by Gasteiger charge is -2.17. The van der Waals surface area contributed by atoms with Crippen molar-refractivity contribution in [3.8, 4) is 6.01 Å². The van der Waals surface area contributed by atoms with Crippen LogP contribution in [0.25, 0.3) is 11.2 Å². The van der Waals surface area contributed by atoms with E-state index in [0.29, 0.717) is 11.2 Å². The molecule has 0 spiro atoms. The molecular formula is C15H23N5O5. The van der Waals surface area contributed by atoms with E-state index >= 15 is 0 Å². The molecule has 2 aromatic rings. The minimum absolute atomic E-state index is 0.0767. The van der Waals surface area contributed by atoms with E-state index in [1.807, 2.05) is 6.92 Å². The third kappa shape index (κ3) is 3.25. The molecule has 0 saturated carbocycles. The standard InChI is InChI=1S/C15H23N5O5/c1-3-4-7(2)24-15-18-12(16)9-13(19-15)20(6-17-9)14-11(23)10(22)8(5-21)25-14/h6-8,10-11,14,21-23H,3-5H2,1-2H3,(H2,16,18,19)/t7?,8-,10-,11-,14-/m1/s1. The van der Waals surface area contributed by atoms with E-state index in [2.05, 4.69) is 21.9 Å². The molecule has 0 aliphatic carbocycles. The summed E-state index contributed by atoms with van der Waals surface area (Å²) in [6.45, 7) is 3.55. The van der Waals surface area contributed by atoms with Crippen LogP contribution in [0.15, 0.2) is 6.33 Å². The number of aliphatic hydroxyl groups is 3. The SMILES string of the molecule is CCCC(C)Oc1nc(N)c2ncn([C@@H]3O[C@H](CO)[C@@H](O)[C@H]3O)c2n1. The zero-order chi connectivity index (χ0) is 18.1. The molecule has 0 aromatic carbocycles. The fraction of sp³-hybridized carbons (Fsp3) is 0.667. The Balaban J connectivity index is 1.95. The van der Waals surface area contributed by atoms with E-state index in [0.717, 1.165) is 12.8 Å². The maximum Gasteiger partial charge on any atom is 0.320 e. The third-order valence-corrected chi connectivity index (χ3v) is 4.22. The summed E-state index contributed by atoms with van der Waals surface area (Å²) in [6.07, 6.45) is -1.18. The molecule has 5 N–H and O–H groups in total. The second-order valence-electron chi connectivity index (χ2n) is 6.16. The molecule has 1 aliphatic heterocycles. The molecule has 10 nitrogen and oxygen atoms in total. The van der Waals surface area contributed by atoms with E-state index in [4.69, 9.17) is 15.2 Å². The molecule has 3 heterocycles. The summed E-state index contributed by atoms with van der Waals surface area (Å²) in [5.41, 5.74) is 6.60. The largest absolute Gasteiger partial charge is 0.460 e. The molecule has 1 unspecified atom stereocenters. The summed E-state index contributed by atoms with van der Waals surface area (Å²) in [5.74, 6) is 0.147. The highest BCUT2D eigenvalue weighted by molar-refractivity contribution is 5.82. The van der Waals surface area contributed by atoms with Gasteiger partial charge in [0.1, 0.15) is 18.3 Å². The Morgan fingerprint density at radius 2 is 2.12 bits per heavy atom. The van der Waals surface area contributed by atoms with Crippen LogP contribution in [0.3, 0.4) is 0 Å². The van der Waals surface area contributed by atoms with Gasteiger partial charge in [0.05, 0.1) is 19.0 Å². The first-order valence-electron chi connectivity index (χ1n) is 8.25. The van der Waals surface area contributed by atoms with Crippen LogP contribution in [0, 0.1) is 0 Å². The number of aliphatic hydroxyl groups excluding tert-OH is 3. The second-order valence-corrected chi connectivity index (χ2v) is 6.16. The third-order valence-electron chi connectivity index (χ3n) is 4.22. The summed E-state index contributed by atoms with van der Waals surface area (Å²) < 4.78 is 12.7. The highest BCUT2D eigenvalue weighted by Gasteiger charge is 2.44. The van der Waals surface area contributed by atoms with E-state index in [9.17, 15) is 15.3 Å². The van der Waals surface area contributed by atoms with E-state index in [1.54, 1.807) is 0 Å². The maximum atomic E-state index is 10.2. The monoisotopic (exact) mass is 353 g/mol. The van der Waals surface area contributed by atoms with Gasteiger partial charge in [-0.1, -0.05) is 13.3 Å². The Bertz CT molecular complexity index is 738. The van der Waals surface area contributed by atoms with Gasteiger partial charge < -0.3 is 30.5 Å². The number of nitrogens with zero attached hydrogens (tertiary/aromatic N) is 4. The van der Waals surface area contributed by atoms with Crippen molar-refractivity contribution in [2.75, 3.05) is 12.3 Å². The number of fused-ring (bicyclic) bond motifs is 1. The average molecular weight is 353 g/mol. The average Bonchev–Trinajstić information content (AvgIpc) is 3.10. The summed E-state index contributed by atoms with van der Waals surface area (Å²) in [4.78, 5) is 12.6. The molecule has 0 bridgehead atoms. The molecule has 10 heteroatoms. The maximum absolute atomic E-state index is 10.2. The molecular weight excluding hydrogens is 330 g/mol. The van der Waals surface area contributed by atoms with Gasteiger partial charge in [-0.15, -0.1) is 0 Å². The Morgan fingerprint density at radius 1 is 1.36 bits per heavy atom. The zero-order valence-corrected chi connectivity index (χ0v) is 14.1. The van der Waals surface area contributed by atoms with Gasteiger partial charge in [0.2, 0.25) is 0 Å². The van der Waals surface area contributed by atoms with Crippen molar-refractivity contribution in [2.45, 2.75) is 57.3 Å². The molecule has 25 heavy (non-hydrogen) atoms. The van der Waals surface area contributed by atoms with Gasteiger partial charge in [-0.05, 0) is 13.3 Å². The number of ether oxygens (including phenoxy) is 2. The lowest BCUT2D eigenvalue weighted by molar-refractivity contribution is -0.0511. The number of imidazole rings is 1. The molecule has 1 fully saturated rings. The summed E-state index contributed by atoms with van der Waals surface area (Å²) >= 11 is 0. The first-order valence-corrected chi connectivity index (χ1v) is 8.25. The Hall–Kier alpha value is -2.01. The number of hydrogen-bond acceptors (Lipinski definition) is 9. The number of rotatable bonds is 6. The van der Waals surface area contributed by atoms with Crippen molar-refractivity contribution in [3.63, 3.8) is 0 Å². The quantitative estimate of drug-likeness (QED) is 0.543. The van der Waals surface area contributed by atoms with Crippen molar-refractivity contribution in [1.29, 1.82) is 0 Å². The summed E-state index contributed by atoms with van der Waals surface area (Å²) in [7, 11) is 0. The Labute approximate surface area is 144 Å². The number of aromatic nitrogens is 4. The van der Waals surface area contributed by atoms with E-state index in [-0.39, 0.29) is 17.9 Å². The van der Waals surface area contributed by atoms with Crippen LogP contribution in [-0.2, 0) is 4.74 Å². The number of anilines is 1. The number of nitrogen functional groups attached to an aromatic ring is 1. The van der Waals surface area contributed by atoms with Crippen LogP contribution < -0.4 is 10.5 Å². The lowest BCUT2D eigenvalue weighted by Crippen LogP contribution is -2.33. The Kier molecular flexibility index (Phi) is 5.04. The van der Waals surface area contributed by atoms with Crippen LogP contribution >= 0.6 is 0 Å². The van der Waals surface area contributed by atoms with Crippen LogP contribution in [0.2, 0.25) is 0 Å². The van der Waals surface area contributed by atoms with Gasteiger partial charge >= 0.3 is 6.01 Å². The topological polar surface area (TPSA) is 149 Å². The van der Waals surface area contributed by atoms with Crippen molar-refractivity contribution in [2.24, 2.45) is 0 Å². The number of hydrogen-bond donors (Lipinski definition) is 4. The molecule has 3 rings (SSSR count). The van der Waals surface area contributed by atoms with Crippen molar-refractivity contribution >= 4 is 17.0 Å². The predicted molar refractivity (Wildman–Crippen MR) is 87.7 cm³/mol. The summed E-state index contributed by atoms with van der Waals surface area (Å²) in [5, 5.41) is 29.4. The van der Waals surface area contributed by atoms with Crippen LogP contribution in [0.1, 0.15) is 32.9 Å². The van der Waals surface area contributed by atoms with Crippen molar-refractivity contribution in [1.82, 2.24) is 19.5 Å². The fourth-order valence-corrected chi connectivity index (χ4v) is 2.91. The normalized spacial score (nSPS) is 27.7. The molecule has 0 radical (unpaired) electrons. The molecule has 1 aliphatic rings. The van der Waals surface area contributed by atoms with Crippen LogP contribution in [0.5, 0.6) is 6.01 Å². The van der Waals surface area contributed by atoms with E-state index < -0.39 is 31.1 Å². The minimum Gasteiger partial charge on any atom is -0.460 e. The summed E-state index contributed by atoms with van der Waals surface area (Å²) in [6, 6.07) is 0.111. The number of nitrogens with two attached hydrogens (primary N) is 1. The first kappa shape index (κ1) is 17.8. The molecule has 0 amide bonds. The van der Waals surface area contributed by atoms with Gasteiger partial charge in [0, 0.05) is 0 Å². The van der Waals surface area contributed by atoms with Crippen LogP contribution in [-0.4, -0.2) is 65.9 Å². The van der Waals surface area contributed by atoms with Crippen molar-refractivity contribution < 1.29 is 24.8 Å². The molecule has 1 saturated heterocycles.